The maximum Gasteiger partial charge on any atom is 0.318 e. The van der Waals surface area contributed by atoms with Crippen molar-refractivity contribution in [1.29, 1.82) is 0 Å². The minimum Gasteiger partial charge on any atom is -0.353 e. The lowest BCUT2D eigenvalue weighted by Gasteiger charge is -2.27. The van der Waals surface area contributed by atoms with Gasteiger partial charge in [-0.2, -0.15) is 0 Å². The molecule has 2 aliphatic rings. The maximum absolute atomic E-state index is 13.0. The molecule has 33 heavy (non-hydrogen) atoms. The Labute approximate surface area is 199 Å². The summed E-state index contributed by atoms with van der Waals surface area (Å²) >= 11 is 6.27. The van der Waals surface area contributed by atoms with Crippen LogP contribution < -0.4 is 10.2 Å². The monoisotopic (exact) mass is 470 g/mol. The number of nitrogens with zero attached hydrogens (tertiary/aromatic N) is 5. The van der Waals surface area contributed by atoms with Crippen molar-refractivity contribution in [1.82, 2.24) is 25.3 Å². The molecule has 4 rings (SSSR count). The van der Waals surface area contributed by atoms with E-state index in [0.29, 0.717) is 31.2 Å². The molecule has 0 bridgehead atoms. The summed E-state index contributed by atoms with van der Waals surface area (Å²) in [4.78, 5) is 31.2. The number of hydrogen-bond acceptors (Lipinski definition) is 5. The van der Waals surface area contributed by atoms with E-state index < -0.39 is 0 Å². The number of nitrogens with one attached hydrogen (secondary N) is 1. The van der Waals surface area contributed by atoms with Crippen LogP contribution in [0.2, 0.25) is 5.02 Å². The van der Waals surface area contributed by atoms with Gasteiger partial charge >= 0.3 is 6.03 Å². The molecule has 0 atom stereocenters. The van der Waals surface area contributed by atoms with Gasteiger partial charge in [-0.15, -0.1) is 10.2 Å². The van der Waals surface area contributed by atoms with Gasteiger partial charge in [0.05, 0.1) is 10.7 Å². The molecule has 0 spiro atoms. The van der Waals surface area contributed by atoms with Gasteiger partial charge in [0.1, 0.15) is 6.54 Å². The van der Waals surface area contributed by atoms with Crippen LogP contribution in [0.5, 0.6) is 0 Å². The van der Waals surface area contributed by atoms with E-state index in [2.05, 4.69) is 20.4 Å². The van der Waals surface area contributed by atoms with Crippen molar-refractivity contribution in [2.75, 3.05) is 44.2 Å². The molecule has 1 aromatic carbocycles. The van der Waals surface area contributed by atoms with Crippen molar-refractivity contribution >= 4 is 29.4 Å². The summed E-state index contributed by atoms with van der Waals surface area (Å²) in [5.41, 5.74) is 1.59. The smallest absolute Gasteiger partial charge is 0.318 e. The summed E-state index contributed by atoms with van der Waals surface area (Å²) in [6, 6.07) is 11.5. The number of rotatable bonds is 7. The first kappa shape index (κ1) is 23.3. The van der Waals surface area contributed by atoms with Gasteiger partial charge in [-0.3, -0.25) is 4.79 Å². The van der Waals surface area contributed by atoms with E-state index in [1.54, 1.807) is 4.90 Å². The molecular formula is C24H31ClN6O2. The van der Waals surface area contributed by atoms with E-state index in [1.807, 2.05) is 48.2 Å². The molecule has 1 saturated heterocycles. The first-order chi connectivity index (χ1) is 16.1. The Morgan fingerprint density at radius 3 is 2.61 bits per heavy atom. The molecule has 1 aliphatic heterocycles. The van der Waals surface area contributed by atoms with E-state index >= 15 is 0 Å². The van der Waals surface area contributed by atoms with E-state index in [9.17, 15) is 9.59 Å². The Bertz CT molecular complexity index is 966. The van der Waals surface area contributed by atoms with Crippen molar-refractivity contribution in [2.24, 2.45) is 0 Å². The van der Waals surface area contributed by atoms with Crippen LogP contribution in [0.25, 0.3) is 11.3 Å². The fraction of sp³-hybridized carbons (Fsp3) is 0.500. The quantitative estimate of drug-likeness (QED) is 0.670. The van der Waals surface area contributed by atoms with Gasteiger partial charge in [0.25, 0.3) is 0 Å². The molecule has 0 unspecified atom stereocenters. The minimum absolute atomic E-state index is 0.00977. The van der Waals surface area contributed by atoms with Crippen LogP contribution in [0.15, 0.2) is 36.4 Å². The molecule has 1 aromatic heterocycles. The third-order valence-electron chi connectivity index (χ3n) is 6.05. The number of hydrogen-bond donors (Lipinski definition) is 1. The van der Waals surface area contributed by atoms with Gasteiger partial charge in [0.2, 0.25) is 5.91 Å². The van der Waals surface area contributed by atoms with Gasteiger partial charge in [-0.05, 0) is 43.9 Å². The van der Waals surface area contributed by atoms with Crippen LogP contribution in [0.3, 0.4) is 0 Å². The number of benzene rings is 1. The standard InChI is InChI=1S/C24H31ClN6O2/c1-2-12-26-24(33)31(18-8-9-18)17-23(32)30-14-5-13-29(15-16-30)22-11-10-21(27-28-22)19-6-3-4-7-20(19)25/h3-4,6-7,10-11,18H,2,5,8-9,12-17H2,1H3,(H,26,33). The average molecular weight is 471 g/mol. The largest absolute Gasteiger partial charge is 0.353 e. The predicted molar refractivity (Wildman–Crippen MR) is 129 cm³/mol. The second-order valence-electron chi connectivity index (χ2n) is 8.57. The van der Waals surface area contributed by atoms with Crippen LogP contribution in [-0.2, 0) is 4.79 Å². The SMILES string of the molecule is CCCNC(=O)N(CC(=O)N1CCCN(c2ccc(-c3ccccc3Cl)nn2)CC1)C1CC1. The number of carbonyl (C=O) groups excluding carboxylic acids is 2. The fourth-order valence-electron chi connectivity index (χ4n) is 4.03. The molecule has 176 valence electrons. The highest BCUT2D eigenvalue weighted by Gasteiger charge is 2.35. The molecule has 1 saturated carbocycles. The highest BCUT2D eigenvalue weighted by molar-refractivity contribution is 6.33. The third kappa shape index (κ3) is 5.93. The number of amides is 3. The number of carbonyl (C=O) groups is 2. The summed E-state index contributed by atoms with van der Waals surface area (Å²) in [7, 11) is 0. The van der Waals surface area contributed by atoms with Gasteiger partial charge in [0.15, 0.2) is 5.82 Å². The first-order valence-corrected chi connectivity index (χ1v) is 12.1. The number of halogens is 1. The van der Waals surface area contributed by atoms with Crippen molar-refractivity contribution in [3.8, 4) is 11.3 Å². The van der Waals surface area contributed by atoms with E-state index in [4.69, 9.17) is 11.6 Å². The first-order valence-electron chi connectivity index (χ1n) is 11.7. The van der Waals surface area contributed by atoms with E-state index in [0.717, 1.165) is 49.3 Å². The second kappa shape index (κ2) is 10.8. The zero-order chi connectivity index (χ0) is 23.2. The normalized spacial score (nSPS) is 16.3. The van der Waals surface area contributed by atoms with Crippen molar-refractivity contribution < 1.29 is 9.59 Å². The highest BCUT2D eigenvalue weighted by atomic mass is 35.5. The third-order valence-corrected chi connectivity index (χ3v) is 6.38. The zero-order valence-corrected chi connectivity index (χ0v) is 19.8. The molecule has 8 nitrogen and oxygen atoms in total. The molecule has 2 aromatic rings. The molecule has 3 amide bonds. The summed E-state index contributed by atoms with van der Waals surface area (Å²) in [6.07, 6.45) is 3.67. The van der Waals surface area contributed by atoms with Crippen LogP contribution in [0, 0.1) is 0 Å². The topological polar surface area (TPSA) is 81.7 Å². The minimum atomic E-state index is -0.127. The van der Waals surface area contributed by atoms with Crippen LogP contribution in [0.1, 0.15) is 32.6 Å². The molecule has 0 radical (unpaired) electrons. The number of aromatic nitrogens is 2. The Morgan fingerprint density at radius 2 is 1.91 bits per heavy atom. The molecule has 2 heterocycles. The number of urea groups is 1. The predicted octanol–water partition coefficient (Wildman–Crippen LogP) is 3.42. The van der Waals surface area contributed by atoms with Gasteiger partial charge in [-0.1, -0.05) is 36.7 Å². The second-order valence-corrected chi connectivity index (χ2v) is 8.98. The molecule has 1 N–H and O–H groups in total. The average Bonchev–Trinajstić information content (AvgIpc) is 3.68. The van der Waals surface area contributed by atoms with Crippen LogP contribution >= 0.6 is 11.6 Å². The molecule has 1 aliphatic carbocycles. The van der Waals surface area contributed by atoms with Crippen molar-refractivity contribution in [3.05, 3.63) is 41.4 Å². The Hall–Kier alpha value is -2.87. The summed E-state index contributed by atoms with van der Waals surface area (Å²) in [6.45, 7) is 5.55. The lowest BCUT2D eigenvalue weighted by Crippen LogP contribution is -2.48. The maximum atomic E-state index is 13.0. The van der Waals surface area contributed by atoms with Crippen LogP contribution in [0.4, 0.5) is 10.6 Å². The Balaban J connectivity index is 1.34. The molecule has 9 heteroatoms. The highest BCUT2D eigenvalue weighted by Crippen LogP contribution is 2.28. The molecule has 2 fully saturated rings. The van der Waals surface area contributed by atoms with Gasteiger partial charge < -0.3 is 20.0 Å². The lowest BCUT2D eigenvalue weighted by molar-refractivity contribution is -0.131. The summed E-state index contributed by atoms with van der Waals surface area (Å²) in [5.74, 6) is 0.800. The van der Waals surface area contributed by atoms with Crippen molar-refractivity contribution in [2.45, 2.75) is 38.6 Å². The Kier molecular flexibility index (Phi) is 7.65. The van der Waals surface area contributed by atoms with E-state index in [-0.39, 0.29) is 24.5 Å². The number of anilines is 1. The zero-order valence-electron chi connectivity index (χ0n) is 19.0. The van der Waals surface area contributed by atoms with Crippen LogP contribution in [-0.4, -0.2) is 77.2 Å². The summed E-state index contributed by atoms with van der Waals surface area (Å²) < 4.78 is 0. The van der Waals surface area contributed by atoms with Crippen molar-refractivity contribution in [3.63, 3.8) is 0 Å². The van der Waals surface area contributed by atoms with Gasteiger partial charge in [-0.25, -0.2) is 4.79 Å². The van der Waals surface area contributed by atoms with E-state index in [1.165, 1.54) is 0 Å². The Morgan fingerprint density at radius 1 is 1.09 bits per heavy atom. The fourth-order valence-corrected chi connectivity index (χ4v) is 4.27. The molecular weight excluding hydrogens is 440 g/mol. The lowest BCUT2D eigenvalue weighted by atomic mass is 10.1. The summed E-state index contributed by atoms with van der Waals surface area (Å²) in [5, 5.41) is 12.3. The van der Waals surface area contributed by atoms with Gasteiger partial charge in [0, 0.05) is 44.3 Å².